The Kier molecular flexibility index (Phi) is 6.51. The molecule has 0 aromatic heterocycles. The Morgan fingerprint density at radius 2 is 1.50 bits per heavy atom. The molecule has 132 valence electrons. The molecule has 0 radical (unpaired) electrons. The predicted molar refractivity (Wildman–Crippen MR) is 66.2 cm³/mol. The average Bonchev–Trinajstić information content (AvgIpc) is 2.49. The van der Waals surface area contributed by atoms with E-state index in [1.165, 1.54) is 6.92 Å². The van der Waals surface area contributed by atoms with E-state index in [1.54, 1.807) is 0 Å². The minimum Gasteiger partial charge on any atom is -0.388 e. The Bertz CT molecular complexity index is 528. The fourth-order valence-corrected chi connectivity index (χ4v) is 4.57. The van der Waals surface area contributed by atoms with Crippen LogP contribution in [0, 0.1) is 0 Å². The summed E-state index contributed by atoms with van der Waals surface area (Å²) in [5, 5.41) is 18.9. The topological polar surface area (TPSA) is 210 Å². The Labute approximate surface area is 123 Å². The Hall–Kier alpha value is 0.290. The monoisotopic (exact) mass is 388 g/mol. The van der Waals surface area contributed by atoms with Gasteiger partial charge in [0, 0.05) is 0 Å². The van der Waals surface area contributed by atoms with Crippen LogP contribution in [-0.2, 0) is 31.6 Å². The molecule has 22 heavy (non-hydrogen) atoms. The van der Waals surface area contributed by atoms with Gasteiger partial charge in [0.1, 0.15) is 18.3 Å². The van der Waals surface area contributed by atoms with Crippen LogP contribution < -0.4 is 0 Å². The lowest BCUT2D eigenvalue weighted by atomic mass is 10.1. The minimum atomic E-state index is -5.59. The molecule has 1 heterocycles. The molecule has 13 nitrogen and oxygen atoms in total. The third kappa shape index (κ3) is 6.42. The highest BCUT2D eigenvalue weighted by molar-refractivity contribution is 7.66. The number of aliphatic hydroxyl groups excluding tert-OH is 2. The maximum atomic E-state index is 11.4. The van der Waals surface area contributed by atoms with Gasteiger partial charge in [-0.1, -0.05) is 0 Å². The number of phosphoric acid groups is 3. The largest absolute Gasteiger partial charge is 0.490 e. The molecule has 1 aliphatic heterocycles. The van der Waals surface area contributed by atoms with Crippen molar-refractivity contribution in [1.29, 1.82) is 0 Å². The van der Waals surface area contributed by atoms with Crippen LogP contribution in [0.1, 0.15) is 6.92 Å². The van der Waals surface area contributed by atoms with Gasteiger partial charge in [0.2, 0.25) is 0 Å². The van der Waals surface area contributed by atoms with Crippen molar-refractivity contribution >= 4 is 23.5 Å². The number of rotatable bonds is 7. The minimum absolute atomic E-state index is 0.787. The molecule has 0 aromatic carbocycles. The first-order valence-electron chi connectivity index (χ1n) is 5.52. The van der Waals surface area contributed by atoms with E-state index in [1.807, 2.05) is 0 Å². The van der Waals surface area contributed by atoms with E-state index in [0.717, 1.165) is 0 Å². The molecular formula is C6H15O13P3. The van der Waals surface area contributed by atoms with Gasteiger partial charge < -0.3 is 34.5 Å². The summed E-state index contributed by atoms with van der Waals surface area (Å²) in [5.74, 6) is 0. The third-order valence-electron chi connectivity index (χ3n) is 2.42. The summed E-state index contributed by atoms with van der Waals surface area (Å²) in [6.07, 6.45) is -4.73. The van der Waals surface area contributed by atoms with E-state index in [2.05, 4.69) is 13.1 Å². The van der Waals surface area contributed by atoms with E-state index >= 15 is 0 Å². The van der Waals surface area contributed by atoms with Gasteiger partial charge in [-0.25, -0.2) is 13.7 Å². The average molecular weight is 388 g/mol. The molecule has 0 amide bonds. The van der Waals surface area contributed by atoms with Crippen LogP contribution in [0.5, 0.6) is 0 Å². The van der Waals surface area contributed by atoms with Crippen molar-refractivity contribution in [2.45, 2.75) is 31.3 Å². The van der Waals surface area contributed by atoms with Gasteiger partial charge in [0.15, 0.2) is 0 Å². The van der Waals surface area contributed by atoms with E-state index < -0.39 is 54.5 Å². The molecule has 6 unspecified atom stereocenters. The Morgan fingerprint density at radius 1 is 0.955 bits per heavy atom. The maximum absolute atomic E-state index is 11.4. The van der Waals surface area contributed by atoms with Crippen molar-refractivity contribution in [3.8, 4) is 0 Å². The summed E-state index contributed by atoms with van der Waals surface area (Å²) in [6.45, 7) is 0.602. The summed E-state index contributed by atoms with van der Waals surface area (Å²) < 4.78 is 49.1. The molecule has 1 aliphatic rings. The summed E-state index contributed by atoms with van der Waals surface area (Å²) in [5.41, 5.74) is 0. The zero-order chi connectivity index (χ0) is 17.3. The zero-order valence-electron chi connectivity index (χ0n) is 10.9. The van der Waals surface area contributed by atoms with Gasteiger partial charge in [-0.2, -0.15) is 8.62 Å². The number of phosphoric ester groups is 1. The lowest BCUT2D eigenvalue weighted by molar-refractivity contribution is -0.0168. The van der Waals surface area contributed by atoms with Crippen molar-refractivity contribution in [2.24, 2.45) is 0 Å². The third-order valence-corrected chi connectivity index (χ3v) is 6.22. The van der Waals surface area contributed by atoms with Crippen LogP contribution >= 0.6 is 23.5 Å². The van der Waals surface area contributed by atoms with Gasteiger partial charge in [0.25, 0.3) is 0 Å². The molecule has 16 heteroatoms. The van der Waals surface area contributed by atoms with Gasteiger partial charge in [0.05, 0.1) is 12.7 Å². The smallest absolute Gasteiger partial charge is 0.388 e. The van der Waals surface area contributed by atoms with Gasteiger partial charge in [-0.15, -0.1) is 0 Å². The van der Waals surface area contributed by atoms with E-state index in [-0.39, 0.29) is 0 Å². The molecule has 6 atom stereocenters. The standard InChI is InChI=1S/C6H15O13P3/c1-3-5(7)6(8)4(17-3)2-16-21(12,13)19-22(14,15)18-20(9,10)11/h3-8H,2H2,1H3,(H,12,13)(H,14,15)(H2,9,10,11). The lowest BCUT2D eigenvalue weighted by Crippen LogP contribution is -2.33. The number of hydrogen-bond acceptors (Lipinski definition) is 9. The molecule has 1 rings (SSSR count). The number of aliphatic hydroxyl groups is 2. The first-order valence-corrected chi connectivity index (χ1v) is 10.0. The summed E-state index contributed by atoms with van der Waals surface area (Å²) in [6, 6.07) is 0. The lowest BCUT2D eigenvalue weighted by Gasteiger charge is -2.19. The molecule has 6 N–H and O–H groups in total. The molecule has 0 aromatic rings. The first kappa shape index (κ1) is 20.3. The molecule has 0 saturated carbocycles. The highest BCUT2D eigenvalue weighted by Crippen LogP contribution is 2.66. The SMILES string of the molecule is CC1OC(COP(=O)(O)OP(=O)(O)OP(=O)(O)O)C(O)C1O. The van der Waals surface area contributed by atoms with Crippen molar-refractivity contribution in [1.82, 2.24) is 0 Å². The fourth-order valence-electron chi connectivity index (χ4n) is 1.54. The first-order chi connectivity index (χ1) is 9.72. The summed E-state index contributed by atoms with van der Waals surface area (Å²) in [7, 11) is -16.3. The summed E-state index contributed by atoms with van der Waals surface area (Å²) >= 11 is 0. The van der Waals surface area contributed by atoms with Crippen LogP contribution in [-0.4, -0.2) is 60.8 Å². The normalized spacial score (nSPS) is 35.0. The van der Waals surface area contributed by atoms with Crippen molar-refractivity contribution in [2.75, 3.05) is 6.61 Å². The Morgan fingerprint density at radius 3 is 1.91 bits per heavy atom. The molecule has 0 spiro atoms. The van der Waals surface area contributed by atoms with Crippen molar-refractivity contribution in [3.63, 3.8) is 0 Å². The van der Waals surface area contributed by atoms with Gasteiger partial charge in [-0.05, 0) is 6.92 Å². The summed E-state index contributed by atoms with van der Waals surface area (Å²) in [4.78, 5) is 34.7. The van der Waals surface area contributed by atoms with Gasteiger partial charge >= 0.3 is 23.5 Å². The van der Waals surface area contributed by atoms with E-state index in [0.29, 0.717) is 0 Å². The van der Waals surface area contributed by atoms with Crippen LogP contribution in [0.25, 0.3) is 0 Å². The predicted octanol–water partition coefficient (Wildman–Crippen LogP) is -1.16. The second kappa shape index (κ2) is 7.04. The number of hydrogen-bond donors (Lipinski definition) is 6. The van der Waals surface area contributed by atoms with Crippen LogP contribution in [0.4, 0.5) is 0 Å². The second-order valence-electron chi connectivity index (χ2n) is 4.25. The van der Waals surface area contributed by atoms with E-state index in [9.17, 15) is 28.8 Å². The van der Waals surface area contributed by atoms with E-state index in [4.69, 9.17) is 19.4 Å². The second-order valence-corrected chi connectivity index (χ2v) is 8.67. The Balaban J connectivity index is 2.60. The number of ether oxygens (including phenoxy) is 1. The molecule has 1 fully saturated rings. The maximum Gasteiger partial charge on any atom is 0.490 e. The van der Waals surface area contributed by atoms with Crippen LogP contribution in [0.15, 0.2) is 0 Å². The zero-order valence-corrected chi connectivity index (χ0v) is 13.6. The molecular weight excluding hydrogens is 373 g/mol. The fraction of sp³-hybridized carbons (Fsp3) is 1.00. The molecule has 0 bridgehead atoms. The quantitative estimate of drug-likeness (QED) is 0.285. The van der Waals surface area contributed by atoms with Gasteiger partial charge in [-0.3, -0.25) is 4.52 Å². The van der Waals surface area contributed by atoms with Crippen molar-refractivity contribution < 1.29 is 61.4 Å². The highest BCUT2D eigenvalue weighted by Gasteiger charge is 2.44. The molecule has 0 aliphatic carbocycles. The van der Waals surface area contributed by atoms with Crippen LogP contribution in [0.3, 0.4) is 0 Å². The highest BCUT2D eigenvalue weighted by atomic mass is 31.3. The van der Waals surface area contributed by atoms with Crippen molar-refractivity contribution in [3.05, 3.63) is 0 Å². The van der Waals surface area contributed by atoms with Crippen LogP contribution in [0.2, 0.25) is 0 Å². The molecule has 1 saturated heterocycles.